The zero-order chi connectivity index (χ0) is 16.0. The quantitative estimate of drug-likeness (QED) is 0.739. The third-order valence-electron chi connectivity index (χ3n) is 3.24. The fraction of sp³-hybridized carbons (Fsp3) is 0.571. The normalized spacial score (nSPS) is 12.1. The monoisotopic (exact) mass is 334 g/mol. The van der Waals surface area contributed by atoms with Crippen LogP contribution in [0.15, 0.2) is 17.0 Å². The van der Waals surface area contributed by atoms with Crippen molar-refractivity contribution in [3.8, 4) is 0 Å². The maximum atomic E-state index is 12.6. The molecule has 0 aliphatic carbocycles. The van der Waals surface area contributed by atoms with Gasteiger partial charge in [-0.3, -0.25) is 0 Å². The Morgan fingerprint density at radius 1 is 1.38 bits per heavy atom. The molecule has 21 heavy (non-hydrogen) atoms. The second kappa shape index (κ2) is 8.10. The highest BCUT2D eigenvalue weighted by Crippen LogP contribution is 2.26. The predicted molar refractivity (Wildman–Crippen MR) is 85.3 cm³/mol. The molecule has 1 N–H and O–H groups in total. The minimum atomic E-state index is -3.57. The predicted octanol–water partition coefficient (Wildman–Crippen LogP) is 2.02. The van der Waals surface area contributed by atoms with Gasteiger partial charge in [0, 0.05) is 31.8 Å². The molecular formula is C14H23ClN2O3S. The summed E-state index contributed by atoms with van der Waals surface area (Å²) in [4.78, 5) is 0.249. The van der Waals surface area contributed by atoms with Crippen LogP contribution in [0.1, 0.15) is 18.1 Å². The van der Waals surface area contributed by atoms with Crippen molar-refractivity contribution in [2.45, 2.75) is 25.3 Å². The van der Waals surface area contributed by atoms with E-state index < -0.39 is 10.0 Å². The molecule has 1 aromatic carbocycles. The standard InChI is InChI=1S/C14H23ClN2O3S/c1-5-20-7-6-17(4)21(18,19)14-9-13(15)8-12(10-16-3)11(14)2/h8-9,16H,5-7,10H2,1-4H3. The first kappa shape index (κ1) is 18.4. The van der Waals surface area contributed by atoms with Gasteiger partial charge in [-0.2, -0.15) is 4.31 Å². The number of ether oxygens (including phenoxy) is 1. The molecular weight excluding hydrogens is 312 g/mol. The Hall–Kier alpha value is -0.660. The molecule has 0 spiro atoms. The van der Waals surface area contributed by atoms with E-state index in [0.717, 1.165) is 11.1 Å². The molecule has 0 heterocycles. The smallest absolute Gasteiger partial charge is 0.243 e. The summed E-state index contributed by atoms with van der Waals surface area (Å²) in [6.07, 6.45) is 0. The summed E-state index contributed by atoms with van der Waals surface area (Å²) < 4.78 is 31.8. The van der Waals surface area contributed by atoms with E-state index in [4.69, 9.17) is 16.3 Å². The third-order valence-corrected chi connectivity index (χ3v) is 5.44. The first-order valence-corrected chi connectivity index (χ1v) is 8.64. The van der Waals surface area contributed by atoms with Gasteiger partial charge in [0.2, 0.25) is 10.0 Å². The molecule has 0 saturated heterocycles. The molecule has 120 valence electrons. The molecule has 0 bridgehead atoms. The van der Waals surface area contributed by atoms with Gasteiger partial charge >= 0.3 is 0 Å². The Balaban J connectivity index is 3.12. The number of halogens is 1. The average molecular weight is 335 g/mol. The molecule has 0 aliphatic heterocycles. The van der Waals surface area contributed by atoms with E-state index in [-0.39, 0.29) is 4.90 Å². The first-order chi connectivity index (χ1) is 9.84. The van der Waals surface area contributed by atoms with Crippen molar-refractivity contribution in [2.75, 3.05) is 33.9 Å². The number of rotatable bonds is 8. The van der Waals surface area contributed by atoms with Crippen LogP contribution in [0.4, 0.5) is 0 Å². The Kier molecular flexibility index (Phi) is 7.09. The van der Waals surface area contributed by atoms with Crippen LogP contribution in [0.25, 0.3) is 0 Å². The van der Waals surface area contributed by atoms with Gasteiger partial charge in [-0.25, -0.2) is 8.42 Å². The molecule has 0 unspecified atom stereocenters. The van der Waals surface area contributed by atoms with E-state index in [1.807, 2.05) is 14.0 Å². The number of benzene rings is 1. The van der Waals surface area contributed by atoms with E-state index in [2.05, 4.69) is 5.32 Å². The van der Waals surface area contributed by atoms with Crippen LogP contribution >= 0.6 is 11.6 Å². The van der Waals surface area contributed by atoms with Crippen molar-refractivity contribution in [3.05, 3.63) is 28.3 Å². The Bertz CT molecular complexity index is 576. The largest absolute Gasteiger partial charge is 0.380 e. The van der Waals surface area contributed by atoms with Crippen molar-refractivity contribution in [1.29, 1.82) is 0 Å². The van der Waals surface area contributed by atoms with Crippen LogP contribution in [0.5, 0.6) is 0 Å². The lowest BCUT2D eigenvalue weighted by atomic mass is 10.1. The number of hydrogen-bond acceptors (Lipinski definition) is 4. The number of nitrogens with zero attached hydrogens (tertiary/aromatic N) is 1. The van der Waals surface area contributed by atoms with Crippen molar-refractivity contribution in [1.82, 2.24) is 9.62 Å². The SMILES string of the molecule is CCOCCN(C)S(=O)(=O)c1cc(Cl)cc(CNC)c1C. The zero-order valence-electron chi connectivity index (χ0n) is 12.9. The number of nitrogens with one attached hydrogen (secondary N) is 1. The van der Waals surface area contributed by atoms with E-state index >= 15 is 0 Å². The van der Waals surface area contributed by atoms with E-state index in [9.17, 15) is 8.42 Å². The molecule has 0 aromatic heterocycles. The van der Waals surface area contributed by atoms with E-state index in [1.54, 1.807) is 20.0 Å². The van der Waals surface area contributed by atoms with Crippen LogP contribution in [-0.2, 0) is 21.3 Å². The minimum Gasteiger partial charge on any atom is -0.380 e. The number of sulfonamides is 1. The molecule has 0 aliphatic rings. The van der Waals surface area contributed by atoms with E-state index in [1.165, 1.54) is 10.4 Å². The van der Waals surface area contributed by atoms with Gasteiger partial charge in [0.25, 0.3) is 0 Å². The van der Waals surface area contributed by atoms with Crippen molar-refractivity contribution in [3.63, 3.8) is 0 Å². The van der Waals surface area contributed by atoms with Gasteiger partial charge in [0.15, 0.2) is 0 Å². The minimum absolute atomic E-state index is 0.249. The molecule has 1 rings (SSSR count). The molecule has 1 aromatic rings. The van der Waals surface area contributed by atoms with Gasteiger partial charge in [0.05, 0.1) is 11.5 Å². The Labute approximate surface area is 132 Å². The van der Waals surface area contributed by atoms with Gasteiger partial charge in [-0.05, 0) is 44.2 Å². The summed E-state index contributed by atoms with van der Waals surface area (Å²) in [6.45, 7) is 5.48. The van der Waals surface area contributed by atoms with Gasteiger partial charge in [-0.15, -0.1) is 0 Å². The lowest BCUT2D eigenvalue weighted by Gasteiger charge is -2.20. The highest BCUT2D eigenvalue weighted by Gasteiger charge is 2.24. The summed E-state index contributed by atoms with van der Waals surface area (Å²) in [7, 11) is -0.216. The lowest BCUT2D eigenvalue weighted by Crippen LogP contribution is -2.31. The van der Waals surface area contributed by atoms with Crippen molar-refractivity contribution in [2.24, 2.45) is 0 Å². The molecule has 0 saturated carbocycles. The second-order valence-electron chi connectivity index (χ2n) is 4.74. The van der Waals surface area contributed by atoms with Gasteiger partial charge in [-0.1, -0.05) is 11.6 Å². The highest BCUT2D eigenvalue weighted by molar-refractivity contribution is 7.89. The fourth-order valence-electron chi connectivity index (χ4n) is 1.98. The summed E-state index contributed by atoms with van der Waals surface area (Å²) in [5.41, 5.74) is 1.60. The summed E-state index contributed by atoms with van der Waals surface area (Å²) in [5.74, 6) is 0. The number of hydrogen-bond donors (Lipinski definition) is 1. The fourth-order valence-corrected chi connectivity index (χ4v) is 3.73. The van der Waals surface area contributed by atoms with Gasteiger partial charge in [0.1, 0.15) is 0 Å². The first-order valence-electron chi connectivity index (χ1n) is 6.82. The molecule has 0 radical (unpaired) electrons. The summed E-state index contributed by atoms with van der Waals surface area (Å²) in [5, 5.41) is 3.43. The van der Waals surface area contributed by atoms with Crippen molar-refractivity contribution >= 4 is 21.6 Å². The maximum absolute atomic E-state index is 12.6. The molecule has 0 atom stereocenters. The molecule has 5 nitrogen and oxygen atoms in total. The number of likely N-dealkylation sites (N-methyl/N-ethyl adjacent to an activating group) is 1. The van der Waals surface area contributed by atoms with Crippen LogP contribution in [0, 0.1) is 6.92 Å². The topological polar surface area (TPSA) is 58.6 Å². The summed E-state index contributed by atoms with van der Waals surface area (Å²) >= 11 is 6.06. The van der Waals surface area contributed by atoms with Crippen LogP contribution in [0.2, 0.25) is 5.02 Å². The van der Waals surface area contributed by atoms with Crippen molar-refractivity contribution < 1.29 is 13.2 Å². The Morgan fingerprint density at radius 3 is 2.62 bits per heavy atom. The second-order valence-corrected chi connectivity index (χ2v) is 7.19. The zero-order valence-corrected chi connectivity index (χ0v) is 14.5. The molecule has 0 fully saturated rings. The average Bonchev–Trinajstić information content (AvgIpc) is 2.42. The van der Waals surface area contributed by atoms with Crippen LogP contribution in [-0.4, -0.2) is 46.6 Å². The highest BCUT2D eigenvalue weighted by atomic mass is 35.5. The third kappa shape index (κ3) is 4.66. The molecule has 7 heteroatoms. The Morgan fingerprint density at radius 2 is 2.05 bits per heavy atom. The van der Waals surface area contributed by atoms with Crippen LogP contribution in [0.3, 0.4) is 0 Å². The maximum Gasteiger partial charge on any atom is 0.243 e. The van der Waals surface area contributed by atoms with E-state index in [0.29, 0.717) is 31.3 Å². The summed E-state index contributed by atoms with van der Waals surface area (Å²) in [6, 6.07) is 3.29. The van der Waals surface area contributed by atoms with Crippen LogP contribution < -0.4 is 5.32 Å². The molecule has 0 amide bonds. The van der Waals surface area contributed by atoms with Gasteiger partial charge < -0.3 is 10.1 Å². The lowest BCUT2D eigenvalue weighted by molar-refractivity contribution is 0.138.